The van der Waals surface area contributed by atoms with Crippen LogP contribution in [0.2, 0.25) is 0 Å². The summed E-state index contributed by atoms with van der Waals surface area (Å²) in [6, 6.07) is 6.65. The van der Waals surface area contributed by atoms with Gasteiger partial charge in [-0.25, -0.2) is 9.97 Å². The van der Waals surface area contributed by atoms with E-state index in [1.807, 2.05) is 0 Å². The summed E-state index contributed by atoms with van der Waals surface area (Å²) in [6.07, 6.45) is 0.443. The molecule has 22 heavy (non-hydrogen) atoms. The molecule has 4 nitrogen and oxygen atoms in total. The highest BCUT2D eigenvalue weighted by atomic mass is 19.4. The minimum atomic E-state index is -4.35. The molecule has 2 heterocycles. The van der Waals surface area contributed by atoms with Crippen molar-refractivity contribution in [2.45, 2.75) is 6.18 Å². The van der Waals surface area contributed by atoms with E-state index in [4.69, 9.17) is 0 Å². The molecule has 3 aromatic rings. The van der Waals surface area contributed by atoms with Crippen molar-refractivity contribution >= 4 is 0 Å². The van der Waals surface area contributed by atoms with E-state index in [1.165, 1.54) is 18.5 Å². The third-order valence-corrected chi connectivity index (χ3v) is 3.17. The van der Waals surface area contributed by atoms with Crippen molar-refractivity contribution in [2.75, 3.05) is 0 Å². The number of nitrogens with zero attached hydrogens (tertiary/aromatic N) is 4. The topological polar surface area (TPSA) is 43.6 Å². The van der Waals surface area contributed by atoms with Crippen LogP contribution in [0, 0.1) is 0 Å². The molecule has 112 valence electrons. The van der Waals surface area contributed by atoms with Crippen LogP contribution in [0.3, 0.4) is 0 Å². The Morgan fingerprint density at radius 2 is 1.77 bits per heavy atom. The van der Waals surface area contributed by atoms with Gasteiger partial charge in [0.25, 0.3) is 0 Å². The Balaban J connectivity index is 2.06. The van der Waals surface area contributed by atoms with Gasteiger partial charge in [-0.3, -0.25) is 4.68 Å². The molecule has 0 aliphatic rings. The van der Waals surface area contributed by atoms with Crippen LogP contribution < -0.4 is 0 Å². The Morgan fingerprint density at radius 3 is 2.36 bits per heavy atom. The fourth-order valence-corrected chi connectivity index (χ4v) is 2.16. The average Bonchev–Trinajstić information content (AvgIpc) is 2.89. The summed E-state index contributed by atoms with van der Waals surface area (Å²) in [5.74, 6) is 0. The average molecular weight is 304 g/mol. The lowest BCUT2D eigenvalue weighted by Crippen LogP contribution is -2.04. The summed E-state index contributed by atoms with van der Waals surface area (Å²) in [4.78, 5) is 8.02. The fourth-order valence-electron chi connectivity index (χ4n) is 2.16. The molecule has 2 aromatic heterocycles. The molecule has 0 amide bonds. The standard InChI is InChI=1S/C15H11F3N4/c1-22-8-12(13-6-7-19-9-20-13)14(21-22)10-2-4-11(5-3-10)15(16,17)18/h2-9H,1H3. The smallest absolute Gasteiger partial charge is 0.274 e. The van der Waals surface area contributed by atoms with Crippen molar-refractivity contribution in [1.82, 2.24) is 19.7 Å². The molecule has 0 spiro atoms. The second kappa shape index (κ2) is 5.25. The first kappa shape index (κ1) is 14.2. The summed E-state index contributed by atoms with van der Waals surface area (Å²) >= 11 is 0. The van der Waals surface area contributed by atoms with Gasteiger partial charge >= 0.3 is 6.18 Å². The van der Waals surface area contributed by atoms with E-state index < -0.39 is 11.7 Å². The number of rotatable bonds is 2. The molecule has 0 aliphatic carbocycles. The number of halogens is 3. The monoisotopic (exact) mass is 304 g/mol. The van der Waals surface area contributed by atoms with E-state index in [1.54, 1.807) is 30.2 Å². The van der Waals surface area contributed by atoms with Gasteiger partial charge in [-0.2, -0.15) is 18.3 Å². The van der Waals surface area contributed by atoms with Gasteiger partial charge in [0, 0.05) is 30.6 Å². The first-order valence-corrected chi connectivity index (χ1v) is 6.43. The van der Waals surface area contributed by atoms with Crippen molar-refractivity contribution in [3.05, 3.63) is 54.6 Å². The minimum Gasteiger partial charge on any atom is -0.274 e. The van der Waals surface area contributed by atoms with E-state index in [0.717, 1.165) is 17.7 Å². The van der Waals surface area contributed by atoms with Crippen molar-refractivity contribution in [1.29, 1.82) is 0 Å². The zero-order chi connectivity index (χ0) is 15.7. The van der Waals surface area contributed by atoms with Crippen LogP contribution in [0.25, 0.3) is 22.5 Å². The van der Waals surface area contributed by atoms with E-state index in [0.29, 0.717) is 17.0 Å². The Bertz CT molecular complexity index is 777. The zero-order valence-electron chi connectivity index (χ0n) is 11.5. The molecule has 0 bridgehead atoms. The lowest BCUT2D eigenvalue weighted by Gasteiger charge is -2.07. The Labute approximate surface area is 124 Å². The number of aromatic nitrogens is 4. The van der Waals surface area contributed by atoms with Gasteiger partial charge in [0.05, 0.1) is 11.3 Å². The number of hydrogen-bond donors (Lipinski definition) is 0. The fraction of sp³-hybridized carbons (Fsp3) is 0.133. The third kappa shape index (κ3) is 2.69. The SMILES string of the molecule is Cn1cc(-c2ccncn2)c(-c2ccc(C(F)(F)F)cc2)n1. The molecule has 0 radical (unpaired) electrons. The lowest BCUT2D eigenvalue weighted by molar-refractivity contribution is -0.137. The Morgan fingerprint density at radius 1 is 1.05 bits per heavy atom. The normalized spacial score (nSPS) is 11.6. The zero-order valence-corrected chi connectivity index (χ0v) is 11.5. The second-order valence-electron chi connectivity index (χ2n) is 4.73. The summed E-state index contributed by atoms with van der Waals surface area (Å²) in [7, 11) is 1.75. The van der Waals surface area contributed by atoms with Crippen LogP contribution in [0.1, 0.15) is 5.56 Å². The highest BCUT2D eigenvalue weighted by Gasteiger charge is 2.30. The van der Waals surface area contributed by atoms with E-state index in [-0.39, 0.29) is 0 Å². The van der Waals surface area contributed by atoms with Crippen LogP contribution in [0.4, 0.5) is 13.2 Å². The maximum Gasteiger partial charge on any atom is 0.416 e. The second-order valence-corrected chi connectivity index (χ2v) is 4.73. The van der Waals surface area contributed by atoms with Crippen LogP contribution in [0.5, 0.6) is 0 Å². The molecule has 1 aromatic carbocycles. The van der Waals surface area contributed by atoms with Gasteiger partial charge in [-0.15, -0.1) is 0 Å². The van der Waals surface area contributed by atoms with Gasteiger partial charge in [-0.05, 0) is 18.2 Å². The van der Waals surface area contributed by atoms with Gasteiger partial charge in [-0.1, -0.05) is 12.1 Å². The van der Waals surface area contributed by atoms with Crippen LogP contribution in [-0.2, 0) is 13.2 Å². The van der Waals surface area contributed by atoms with Gasteiger partial charge in [0.15, 0.2) is 0 Å². The first-order valence-electron chi connectivity index (χ1n) is 6.43. The van der Waals surface area contributed by atoms with Crippen LogP contribution in [0.15, 0.2) is 49.1 Å². The Kier molecular flexibility index (Phi) is 3.40. The summed E-state index contributed by atoms with van der Waals surface area (Å²) in [5, 5.41) is 4.32. The molecular formula is C15H11F3N4. The quantitative estimate of drug-likeness (QED) is 0.727. The van der Waals surface area contributed by atoms with Crippen molar-refractivity contribution in [3.63, 3.8) is 0 Å². The predicted molar refractivity (Wildman–Crippen MR) is 74.7 cm³/mol. The first-order chi connectivity index (χ1) is 10.4. The minimum absolute atomic E-state index is 0.579. The molecule has 0 unspecified atom stereocenters. The molecule has 0 atom stereocenters. The van der Waals surface area contributed by atoms with E-state index in [9.17, 15) is 13.2 Å². The molecule has 0 fully saturated rings. The third-order valence-electron chi connectivity index (χ3n) is 3.17. The number of hydrogen-bond acceptors (Lipinski definition) is 3. The van der Waals surface area contributed by atoms with Gasteiger partial charge in [0.1, 0.15) is 12.0 Å². The highest BCUT2D eigenvalue weighted by Crippen LogP contribution is 2.33. The summed E-state index contributed by atoms with van der Waals surface area (Å²) in [5.41, 5.74) is 1.90. The largest absolute Gasteiger partial charge is 0.416 e. The van der Waals surface area contributed by atoms with Crippen molar-refractivity contribution < 1.29 is 13.2 Å². The molecule has 0 saturated heterocycles. The predicted octanol–water partition coefficient (Wildman–Crippen LogP) is 3.56. The molecule has 7 heteroatoms. The summed E-state index contributed by atoms with van der Waals surface area (Å²) < 4.78 is 39.5. The lowest BCUT2D eigenvalue weighted by atomic mass is 10.0. The maximum absolute atomic E-state index is 12.6. The molecule has 3 rings (SSSR count). The van der Waals surface area contributed by atoms with E-state index in [2.05, 4.69) is 15.1 Å². The van der Waals surface area contributed by atoms with Crippen LogP contribution in [-0.4, -0.2) is 19.7 Å². The highest BCUT2D eigenvalue weighted by molar-refractivity contribution is 5.78. The van der Waals surface area contributed by atoms with Gasteiger partial charge < -0.3 is 0 Å². The van der Waals surface area contributed by atoms with Crippen LogP contribution >= 0.6 is 0 Å². The molecule has 0 saturated carbocycles. The number of alkyl halides is 3. The Hall–Kier alpha value is -2.70. The number of benzene rings is 1. The molecular weight excluding hydrogens is 293 g/mol. The van der Waals surface area contributed by atoms with Gasteiger partial charge in [0.2, 0.25) is 0 Å². The van der Waals surface area contributed by atoms with Crippen molar-refractivity contribution in [3.8, 4) is 22.5 Å². The number of aryl methyl sites for hydroxylation is 1. The summed E-state index contributed by atoms with van der Waals surface area (Å²) in [6.45, 7) is 0. The van der Waals surface area contributed by atoms with Crippen molar-refractivity contribution in [2.24, 2.45) is 7.05 Å². The molecule has 0 aliphatic heterocycles. The maximum atomic E-state index is 12.6. The molecule has 0 N–H and O–H groups in total. The van der Waals surface area contributed by atoms with E-state index >= 15 is 0 Å².